The second-order valence-corrected chi connectivity index (χ2v) is 2.29. The SMILES string of the molecule is CNc1cc(C)c(O)[nH]c1=O. The molecule has 4 nitrogen and oxygen atoms in total. The molecule has 0 aliphatic heterocycles. The third kappa shape index (κ3) is 1.34. The van der Waals surface area contributed by atoms with Crippen LogP contribution in [0.3, 0.4) is 0 Å². The number of aryl methyl sites for hydroxylation is 1. The van der Waals surface area contributed by atoms with Crippen LogP contribution in [0.4, 0.5) is 5.69 Å². The second kappa shape index (κ2) is 2.65. The molecule has 0 aromatic carbocycles. The molecule has 0 radical (unpaired) electrons. The first-order valence-corrected chi connectivity index (χ1v) is 3.26. The van der Waals surface area contributed by atoms with Gasteiger partial charge in [0.05, 0.1) is 0 Å². The summed E-state index contributed by atoms with van der Waals surface area (Å²) in [5.41, 5.74) is 0.796. The van der Waals surface area contributed by atoms with E-state index in [0.717, 1.165) is 0 Å². The number of anilines is 1. The fourth-order valence-electron chi connectivity index (χ4n) is 0.810. The quantitative estimate of drug-likeness (QED) is 0.549. The van der Waals surface area contributed by atoms with Gasteiger partial charge in [0, 0.05) is 12.6 Å². The van der Waals surface area contributed by atoms with E-state index in [4.69, 9.17) is 5.11 Å². The number of aromatic nitrogens is 1. The molecule has 0 saturated heterocycles. The monoisotopic (exact) mass is 154 g/mol. The summed E-state index contributed by atoms with van der Waals surface area (Å²) >= 11 is 0. The van der Waals surface area contributed by atoms with Crippen LogP contribution in [0.25, 0.3) is 0 Å². The lowest BCUT2D eigenvalue weighted by Crippen LogP contribution is -2.11. The molecular formula is C7H10N2O2. The fourth-order valence-corrected chi connectivity index (χ4v) is 0.810. The van der Waals surface area contributed by atoms with Gasteiger partial charge in [0.25, 0.3) is 5.56 Å². The third-order valence-corrected chi connectivity index (χ3v) is 1.48. The highest BCUT2D eigenvalue weighted by molar-refractivity contribution is 5.45. The highest BCUT2D eigenvalue weighted by Crippen LogP contribution is 2.11. The van der Waals surface area contributed by atoms with Crippen molar-refractivity contribution in [2.45, 2.75) is 6.92 Å². The number of aromatic hydroxyl groups is 1. The van der Waals surface area contributed by atoms with Gasteiger partial charge in [-0.3, -0.25) is 9.78 Å². The summed E-state index contributed by atoms with van der Waals surface area (Å²) in [7, 11) is 1.65. The van der Waals surface area contributed by atoms with E-state index in [1.54, 1.807) is 20.0 Å². The number of rotatable bonds is 1. The summed E-state index contributed by atoms with van der Waals surface area (Å²) in [5, 5.41) is 11.7. The number of aromatic amines is 1. The molecule has 0 bridgehead atoms. The first-order chi connectivity index (χ1) is 5.15. The van der Waals surface area contributed by atoms with Crippen molar-refractivity contribution in [3.63, 3.8) is 0 Å². The van der Waals surface area contributed by atoms with Crippen LogP contribution < -0.4 is 10.9 Å². The molecule has 0 aliphatic carbocycles. The van der Waals surface area contributed by atoms with Crippen molar-refractivity contribution >= 4 is 5.69 Å². The van der Waals surface area contributed by atoms with Crippen molar-refractivity contribution < 1.29 is 5.11 Å². The maximum atomic E-state index is 10.9. The van der Waals surface area contributed by atoms with E-state index in [9.17, 15) is 4.79 Å². The Labute approximate surface area is 63.9 Å². The minimum Gasteiger partial charge on any atom is -0.494 e. The average molecular weight is 154 g/mol. The minimum atomic E-state index is -0.310. The van der Waals surface area contributed by atoms with Crippen LogP contribution in [0.1, 0.15) is 5.56 Å². The van der Waals surface area contributed by atoms with E-state index in [2.05, 4.69) is 10.3 Å². The largest absolute Gasteiger partial charge is 0.494 e. The van der Waals surface area contributed by atoms with Crippen LogP contribution in [-0.4, -0.2) is 17.1 Å². The zero-order valence-corrected chi connectivity index (χ0v) is 6.43. The first kappa shape index (κ1) is 7.65. The molecular weight excluding hydrogens is 144 g/mol. The molecule has 0 fully saturated rings. The van der Waals surface area contributed by atoms with E-state index in [0.29, 0.717) is 11.3 Å². The van der Waals surface area contributed by atoms with E-state index < -0.39 is 0 Å². The molecule has 0 unspecified atom stereocenters. The van der Waals surface area contributed by atoms with Crippen molar-refractivity contribution in [3.05, 3.63) is 22.0 Å². The lowest BCUT2D eigenvalue weighted by atomic mass is 10.3. The topological polar surface area (TPSA) is 65.1 Å². The summed E-state index contributed by atoms with van der Waals surface area (Å²) < 4.78 is 0. The van der Waals surface area contributed by atoms with E-state index in [-0.39, 0.29) is 11.4 Å². The third-order valence-electron chi connectivity index (χ3n) is 1.48. The Bertz CT molecular complexity index is 317. The maximum absolute atomic E-state index is 10.9. The average Bonchev–Trinajstić information content (AvgIpc) is 1.97. The first-order valence-electron chi connectivity index (χ1n) is 3.26. The van der Waals surface area contributed by atoms with Crippen LogP contribution in [0.15, 0.2) is 10.9 Å². The number of hydrogen-bond acceptors (Lipinski definition) is 3. The summed E-state index contributed by atoms with van der Waals surface area (Å²) in [4.78, 5) is 13.2. The van der Waals surface area contributed by atoms with Gasteiger partial charge in [0.15, 0.2) is 5.88 Å². The van der Waals surface area contributed by atoms with Gasteiger partial charge < -0.3 is 10.4 Å². The van der Waals surface area contributed by atoms with Crippen molar-refractivity contribution in [2.24, 2.45) is 0 Å². The minimum absolute atomic E-state index is 0.0750. The zero-order chi connectivity index (χ0) is 8.43. The molecule has 0 spiro atoms. The summed E-state index contributed by atoms with van der Waals surface area (Å²) in [6.07, 6.45) is 0. The summed E-state index contributed by atoms with van der Waals surface area (Å²) in [5.74, 6) is -0.0750. The summed E-state index contributed by atoms with van der Waals surface area (Å²) in [6, 6.07) is 1.59. The normalized spacial score (nSPS) is 9.64. The molecule has 60 valence electrons. The van der Waals surface area contributed by atoms with E-state index in [1.807, 2.05) is 0 Å². The Morgan fingerprint density at radius 1 is 1.64 bits per heavy atom. The zero-order valence-electron chi connectivity index (χ0n) is 6.43. The lowest BCUT2D eigenvalue weighted by molar-refractivity contribution is 0.447. The van der Waals surface area contributed by atoms with Gasteiger partial charge in [-0.05, 0) is 13.0 Å². The van der Waals surface area contributed by atoms with Crippen molar-refractivity contribution in [1.29, 1.82) is 0 Å². The smallest absolute Gasteiger partial charge is 0.274 e. The van der Waals surface area contributed by atoms with Crippen molar-refractivity contribution in [2.75, 3.05) is 12.4 Å². The van der Waals surface area contributed by atoms with Gasteiger partial charge in [-0.25, -0.2) is 0 Å². The van der Waals surface area contributed by atoms with Gasteiger partial charge >= 0.3 is 0 Å². The number of pyridine rings is 1. The van der Waals surface area contributed by atoms with Gasteiger partial charge in [0.2, 0.25) is 0 Å². The predicted octanol–water partition coefficient (Wildman–Crippen LogP) is 0.431. The molecule has 0 aliphatic rings. The van der Waals surface area contributed by atoms with Gasteiger partial charge in [0.1, 0.15) is 5.69 Å². The highest BCUT2D eigenvalue weighted by Gasteiger charge is 2.00. The Hall–Kier alpha value is -1.45. The van der Waals surface area contributed by atoms with Crippen molar-refractivity contribution in [1.82, 2.24) is 4.98 Å². The van der Waals surface area contributed by atoms with Gasteiger partial charge in [-0.15, -0.1) is 0 Å². The maximum Gasteiger partial charge on any atom is 0.274 e. The lowest BCUT2D eigenvalue weighted by Gasteiger charge is -2.01. The Morgan fingerprint density at radius 2 is 2.27 bits per heavy atom. The molecule has 1 rings (SSSR count). The Morgan fingerprint density at radius 3 is 2.82 bits per heavy atom. The van der Waals surface area contributed by atoms with E-state index >= 15 is 0 Å². The number of hydrogen-bond donors (Lipinski definition) is 3. The molecule has 0 atom stereocenters. The van der Waals surface area contributed by atoms with Crippen LogP contribution in [0.2, 0.25) is 0 Å². The molecule has 1 aromatic heterocycles. The van der Waals surface area contributed by atoms with Crippen molar-refractivity contribution in [3.8, 4) is 5.88 Å². The molecule has 0 amide bonds. The van der Waals surface area contributed by atoms with Gasteiger partial charge in [-0.1, -0.05) is 0 Å². The van der Waals surface area contributed by atoms with Gasteiger partial charge in [-0.2, -0.15) is 0 Å². The van der Waals surface area contributed by atoms with Crippen LogP contribution in [0, 0.1) is 6.92 Å². The number of H-pyrrole nitrogens is 1. The Balaban J connectivity index is 3.32. The Kier molecular flexibility index (Phi) is 1.85. The molecule has 0 saturated carbocycles. The van der Waals surface area contributed by atoms with Crippen LogP contribution in [-0.2, 0) is 0 Å². The predicted molar refractivity (Wildman–Crippen MR) is 43.0 cm³/mol. The fraction of sp³-hybridized carbons (Fsp3) is 0.286. The summed E-state index contributed by atoms with van der Waals surface area (Å²) in [6.45, 7) is 1.71. The molecule has 3 N–H and O–H groups in total. The van der Waals surface area contributed by atoms with Crippen LogP contribution in [0.5, 0.6) is 5.88 Å². The van der Waals surface area contributed by atoms with Crippen LogP contribution >= 0.6 is 0 Å². The van der Waals surface area contributed by atoms with E-state index in [1.165, 1.54) is 0 Å². The standard InChI is InChI=1S/C7H10N2O2/c1-4-3-5(8-2)7(11)9-6(4)10/h3,8H,1-2H3,(H2,9,10,11). The number of nitrogens with one attached hydrogen (secondary N) is 2. The molecule has 4 heteroatoms. The second-order valence-electron chi connectivity index (χ2n) is 2.29. The molecule has 11 heavy (non-hydrogen) atoms. The highest BCUT2D eigenvalue weighted by atomic mass is 16.3. The molecule has 1 aromatic rings. The molecule has 1 heterocycles.